The van der Waals surface area contributed by atoms with Crippen molar-refractivity contribution in [2.75, 3.05) is 33.4 Å². The van der Waals surface area contributed by atoms with Crippen LogP contribution in [0.2, 0.25) is 0 Å². The fraction of sp³-hybridized carbons (Fsp3) is 0.423. The Bertz CT molecular complexity index is 1310. The van der Waals surface area contributed by atoms with Crippen LogP contribution >= 0.6 is 0 Å². The second-order valence-corrected chi connectivity index (χ2v) is 11.0. The van der Waals surface area contributed by atoms with E-state index >= 15 is 0 Å². The van der Waals surface area contributed by atoms with Crippen molar-refractivity contribution in [2.45, 2.75) is 42.6 Å². The zero-order valence-electron chi connectivity index (χ0n) is 19.8. The summed E-state index contributed by atoms with van der Waals surface area (Å²) in [5, 5.41) is 1.16. The van der Waals surface area contributed by atoms with E-state index in [0.29, 0.717) is 31.2 Å². The maximum atomic E-state index is 13.2. The number of ether oxygens (including phenoxy) is 2. The Balaban J connectivity index is 1.24. The molecule has 2 aliphatic heterocycles. The Hall–Kier alpha value is -2.88. The van der Waals surface area contributed by atoms with Gasteiger partial charge in [0.05, 0.1) is 18.1 Å². The lowest BCUT2D eigenvalue weighted by Crippen LogP contribution is -2.38. The highest BCUT2D eigenvalue weighted by Gasteiger charge is 2.27. The molecular weight excluding hydrogens is 466 g/mol. The molecule has 186 valence electrons. The molecule has 2 saturated heterocycles. The molecule has 2 aromatic carbocycles. The van der Waals surface area contributed by atoms with Crippen molar-refractivity contribution in [3.63, 3.8) is 0 Å². The summed E-state index contributed by atoms with van der Waals surface area (Å²) in [6, 6.07) is 12.3. The average Bonchev–Trinajstić information content (AvgIpc) is 3.57. The number of hydrogen-bond donors (Lipinski definition) is 2. The summed E-state index contributed by atoms with van der Waals surface area (Å²) in [4.78, 5) is 18.5. The van der Waals surface area contributed by atoms with Crippen LogP contribution in [0.15, 0.2) is 53.6 Å². The van der Waals surface area contributed by atoms with Crippen molar-refractivity contribution >= 4 is 26.8 Å². The number of aromatic amines is 1. The van der Waals surface area contributed by atoms with Gasteiger partial charge in [-0.05, 0) is 73.6 Å². The minimum atomic E-state index is -3.71. The Morgan fingerprint density at radius 2 is 2.00 bits per heavy atom. The highest BCUT2D eigenvalue weighted by molar-refractivity contribution is 7.89. The van der Waals surface area contributed by atoms with E-state index in [1.807, 2.05) is 17.0 Å². The lowest BCUT2D eigenvalue weighted by molar-refractivity contribution is 0.0713. The van der Waals surface area contributed by atoms with E-state index in [9.17, 15) is 13.2 Å². The highest BCUT2D eigenvalue weighted by atomic mass is 32.2. The number of H-pyrrole nitrogens is 1. The molecule has 35 heavy (non-hydrogen) atoms. The van der Waals surface area contributed by atoms with E-state index in [4.69, 9.17) is 9.47 Å². The van der Waals surface area contributed by atoms with Gasteiger partial charge in [-0.25, -0.2) is 13.1 Å². The summed E-state index contributed by atoms with van der Waals surface area (Å²) >= 11 is 0. The lowest BCUT2D eigenvalue weighted by atomic mass is 9.89. The van der Waals surface area contributed by atoms with E-state index in [1.54, 1.807) is 19.2 Å². The second kappa shape index (κ2) is 10.0. The number of amides is 1. The van der Waals surface area contributed by atoms with Gasteiger partial charge in [-0.3, -0.25) is 4.79 Å². The van der Waals surface area contributed by atoms with Crippen LogP contribution in [0.5, 0.6) is 5.75 Å². The highest BCUT2D eigenvalue weighted by Crippen LogP contribution is 2.35. The van der Waals surface area contributed by atoms with Gasteiger partial charge in [0.1, 0.15) is 5.75 Å². The standard InChI is InChI=1S/C26H31N3O5S/c1-33-20-7-8-25-23(15-20)24(17-27-25)18-9-11-29(12-10-18)26(30)19-4-2-6-22(14-19)35(31,32)28-16-21-5-3-13-34-21/h2,4,6-8,14-15,17-18,21,27-28H,3,5,9-13,16H2,1H3. The third-order valence-electron chi connectivity index (χ3n) is 7.06. The molecule has 9 heteroatoms. The summed E-state index contributed by atoms with van der Waals surface area (Å²) in [6.45, 7) is 2.15. The summed E-state index contributed by atoms with van der Waals surface area (Å²) < 4.78 is 39.0. The number of carbonyl (C=O) groups is 1. The van der Waals surface area contributed by atoms with Crippen molar-refractivity contribution in [3.05, 3.63) is 59.8 Å². The van der Waals surface area contributed by atoms with Gasteiger partial charge in [0.2, 0.25) is 10.0 Å². The van der Waals surface area contributed by atoms with Crippen LogP contribution in [0.3, 0.4) is 0 Å². The zero-order valence-corrected chi connectivity index (χ0v) is 20.6. The van der Waals surface area contributed by atoms with Gasteiger partial charge in [-0.1, -0.05) is 6.07 Å². The van der Waals surface area contributed by atoms with E-state index in [0.717, 1.165) is 42.3 Å². The van der Waals surface area contributed by atoms with E-state index in [2.05, 4.69) is 22.0 Å². The Kier molecular flexibility index (Phi) is 6.82. The minimum Gasteiger partial charge on any atom is -0.497 e. The number of methoxy groups -OCH3 is 1. The summed E-state index contributed by atoms with van der Waals surface area (Å²) in [5.41, 5.74) is 2.71. The number of aromatic nitrogens is 1. The van der Waals surface area contributed by atoms with Crippen LogP contribution in [0, 0.1) is 0 Å². The molecule has 0 aliphatic carbocycles. The molecule has 3 heterocycles. The molecule has 1 unspecified atom stereocenters. The molecule has 2 aliphatic rings. The van der Waals surface area contributed by atoms with Gasteiger partial charge in [0, 0.05) is 48.9 Å². The van der Waals surface area contributed by atoms with Crippen molar-refractivity contribution in [3.8, 4) is 5.75 Å². The third kappa shape index (κ3) is 5.07. The number of benzene rings is 2. The molecule has 0 spiro atoms. The molecule has 2 N–H and O–H groups in total. The van der Waals surface area contributed by atoms with E-state index in [1.165, 1.54) is 17.7 Å². The third-order valence-corrected chi connectivity index (χ3v) is 8.48. The molecule has 0 saturated carbocycles. The number of nitrogens with one attached hydrogen (secondary N) is 2. The Morgan fingerprint density at radius 1 is 1.17 bits per heavy atom. The fourth-order valence-corrected chi connectivity index (χ4v) is 6.16. The first-order valence-corrected chi connectivity index (χ1v) is 13.6. The molecule has 0 bridgehead atoms. The molecule has 0 radical (unpaired) electrons. The molecule has 1 amide bonds. The van der Waals surface area contributed by atoms with Gasteiger partial charge < -0.3 is 19.4 Å². The molecule has 8 nitrogen and oxygen atoms in total. The van der Waals surface area contributed by atoms with Gasteiger partial charge in [-0.2, -0.15) is 0 Å². The number of carbonyl (C=O) groups excluding carboxylic acids is 1. The van der Waals surface area contributed by atoms with Crippen LogP contribution < -0.4 is 9.46 Å². The van der Waals surface area contributed by atoms with Crippen LogP contribution in [-0.2, 0) is 14.8 Å². The number of fused-ring (bicyclic) bond motifs is 1. The SMILES string of the molecule is COc1ccc2[nH]cc(C3CCN(C(=O)c4cccc(S(=O)(=O)NCC5CCCO5)c4)CC3)c2c1. The largest absolute Gasteiger partial charge is 0.497 e. The summed E-state index contributed by atoms with van der Waals surface area (Å²) in [7, 11) is -2.05. The van der Waals surface area contributed by atoms with E-state index in [-0.39, 0.29) is 23.5 Å². The number of sulfonamides is 1. The number of rotatable bonds is 7. The maximum absolute atomic E-state index is 13.2. The van der Waals surface area contributed by atoms with Crippen LogP contribution in [0.1, 0.15) is 47.5 Å². The van der Waals surface area contributed by atoms with Crippen LogP contribution in [0.4, 0.5) is 0 Å². The van der Waals surface area contributed by atoms with Crippen molar-refractivity contribution in [1.82, 2.24) is 14.6 Å². The number of piperidine rings is 1. The van der Waals surface area contributed by atoms with Gasteiger partial charge >= 0.3 is 0 Å². The quantitative estimate of drug-likeness (QED) is 0.519. The van der Waals surface area contributed by atoms with Gasteiger partial charge in [0.15, 0.2) is 0 Å². The molecular formula is C26H31N3O5S. The molecule has 1 aromatic heterocycles. The fourth-order valence-electron chi connectivity index (χ4n) is 5.05. The van der Waals surface area contributed by atoms with Crippen LogP contribution in [0.25, 0.3) is 10.9 Å². The first-order valence-electron chi connectivity index (χ1n) is 12.1. The second-order valence-electron chi connectivity index (χ2n) is 9.24. The molecule has 3 aromatic rings. The lowest BCUT2D eigenvalue weighted by Gasteiger charge is -2.32. The smallest absolute Gasteiger partial charge is 0.253 e. The van der Waals surface area contributed by atoms with Crippen molar-refractivity contribution in [1.29, 1.82) is 0 Å². The number of nitrogens with zero attached hydrogens (tertiary/aromatic N) is 1. The molecule has 2 fully saturated rings. The summed E-state index contributed by atoms with van der Waals surface area (Å²) in [5.74, 6) is 1.03. The average molecular weight is 498 g/mol. The topological polar surface area (TPSA) is 101 Å². The first-order chi connectivity index (χ1) is 16.9. The van der Waals surface area contributed by atoms with Crippen LogP contribution in [-0.4, -0.2) is 63.7 Å². The molecule has 1 atom stereocenters. The normalized spacial score (nSPS) is 19.3. The van der Waals surface area contributed by atoms with Gasteiger partial charge in [0.25, 0.3) is 5.91 Å². The Morgan fingerprint density at radius 3 is 2.74 bits per heavy atom. The summed E-state index contributed by atoms with van der Waals surface area (Å²) in [6.07, 6.45) is 5.46. The zero-order chi connectivity index (χ0) is 24.4. The van der Waals surface area contributed by atoms with Crippen molar-refractivity contribution in [2.24, 2.45) is 0 Å². The Labute approximate surface area is 205 Å². The van der Waals surface area contributed by atoms with E-state index < -0.39 is 10.0 Å². The number of hydrogen-bond acceptors (Lipinski definition) is 5. The van der Waals surface area contributed by atoms with Crippen molar-refractivity contribution < 1.29 is 22.7 Å². The predicted octanol–water partition coefficient (Wildman–Crippen LogP) is 3.65. The first kappa shape index (κ1) is 23.8. The maximum Gasteiger partial charge on any atom is 0.253 e. The predicted molar refractivity (Wildman–Crippen MR) is 133 cm³/mol. The number of likely N-dealkylation sites (tertiary alicyclic amines) is 1. The molecule has 5 rings (SSSR count). The van der Waals surface area contributed by atoms with Gasteiger partial charge in [-0.15, -0.1) is 0 Å². The monoisotopic (exact) mass is 497 g/mol. The minimum absolute atomic E-state index is 0.0888.